The van der Waals surface area contributed by atoms with Gasteiger partial charge in [0.2, 0.25) is 5.95 Å². The van der Waals surface area contributed by atoms with E-state index in [1.807, 2.05) is 24.3 Å². The fourth-order valence-corrected chi connectivity index (χ4v) is 2.94. The Hall–Kier alpha value is -1.92. The van der Waals surface area contributed by atoms with E-state index >= 15 is 0 Å². The van der Waals surface area contributed by atoms with Crippen LogP contribution < -0.4 is 10.6 Å². The highest BCUT2D eigenvalue weighted by molar-refractivity contribution is 5.88. The molecule has 0 unspecified atom stereocenters. The summed E-state index contributed by atoms with van der Waals surface area (Å²) in [7, 11) is 1.75. The molecule has 1 fully saturated rings. The molecule has 3 rings (SSSR count). The number of hydrogen-bond acceptors (Lipinski definition) is 6. The first-order valence-corrected chi connectivity index (χ1v) is 7.69. The molecule has 118 valence electrons. The van der Waals surface area contributed by atoms with E-state index in [1.165, 1.54) is 0 Å². The zero-order chi connectivity index (χ0) is 15.5. The van der Waals surface area contributed by atoms with Gasteiger partial charge in [-0.05, 0) is 19.1 Å². The van der Waals surface area contributed by atoms with E-state index in [1.54, 1.807) is 7.11 Å². The Labute approximate surface area is 130 Å². The Morgan fingerprint density at radius 1 is 1.18 bits per heavy atom. The lowest BCUT2D eigenvalue weighted by molar-refractivity contribution is 0.0951. The van der Waals surface area contributed by atoms with Crippen LogP contribution in [0.15, 0.2) is 24.3 Å². The number of piperazine rings is 1. The first kappa shape index (κ1) is 15.0. The summed E-state index contributed by atoms with van der Waals surface area (Å²) >= 11 is 0. The molecule has 6 heteroatoms. The predicted molar refractivity (Wildman–Crippen MR) is 89.1 cm³/mol. The highest BCUT2D eigenvalue weighted by Gasteiger charge is 2.23. The van der Waals surface area contributed by atoms with Crippen LogP contribution in [-0.4, -0.2) is 60.8 Å². The Bertz CT molecular complexity index is 639. The average molecular weight is 301 g/mol. The molecule has 0 aliphatic carbocycles. The monoisotopic (exact) mass is 301 g/mol. The number of aromatic nitrogens is 2. The smallest absolute Gasteiger partial charge is 0.227 e. The number of hydrogen-bond donors (Lipinski definition) is 1. The van der Waals surface area contributed by atoms with Crippen LogP contribution in [-0.2, 0) is 4.74 Å². The number of nitrogens with zero attached hydrogens (tertiary/aromatic N) is 4. The lowest BCUT2D eigenvalue weighted by Crippen LogP contribution is -2.51. The van der Waals surface area contributed by atoms with Gasteiger partial charge in [-0.3, -0.25) is 4.90 Å². The zero-order valence-electron chi connectivity index (χ0n) is 13.2. The van der Waals surface area contributed by atoms with E-state index in [4.69, 9.17) is 10.5 Å². The quantitative estimate of drug-likeness (QED) is 0.920. The third kappa shape index (κ3) is 2.98. The van der Waals surface area contributed by atoms with Crippen LogP contribution in [0.1, 0.15) is 6.92 Å². The maximum atomic E-state index is 6.07. The van der Waals surface area contributed by atoms with Crippen LogP contribution >= 0.6 is 0 Å². The third-order valence-electron chi connectivity index (χ3n) is 4.25. The maximum Gasteiger partial charge on any atom is 0.227 e. The van der Waals surface area contributed by atoms with Gasteiger partial charge in [-0.25, -0.2) is 4.98 Å². The maximum absolute atomic E-state index is 6.07. The number of anilines is 2. The van der Waals surface area contributed by atoms with E-state index in [-0.39, 0.29) is 0 Å². The van der Waals surface area contributed by atoms with Gasteiger partial charge in [-0.15, -0.1) is 0 Å². The van der Waals surface area contributed by atoms with Crippen LogP contribution in [0.4, 0.5) is 11.8 Å². The Morgan fingerprint density at radius 3 is 2.64 bits per heavy atom. The summed E-state index contributed by atoms with van der Waals surface area (Å²) in [5, 5.41) is 0.915. The van der Waals surface area contributed by atoms with Gasteiger partial charge < -0.3 is 15.4 Å². The van der Waals surface area contributed by atoms with Crippen LogP contribution in [0.3, 0.4) is 0 Å². The number of ether oxygens (including phenoxy) is 1. The molecule has 0 radical (unpaired) electrons. The molecule has 2 heterocycles. The summed E-state index contributed by atoms with van der Waals surface area (Å²) in [5.41, 5.74) is 6.98. The average Bonchev–Trinajstić information content (AvgIpc) is 2.55. The molecule has 1 saturated heterocycles. The molecule has 22 heavy (non-hydrogen) atoms. The minimum Gasteiger partial charge on any atom is -0.383 e. The van der Waals surface area contributed by atoms with Crippen molar-refractivity contribution in [1.29, 1.82) is 0 Å². The van der Waals surface area contributed by atoms with Gasteiger partial charge in [-0.2, -0.15) is 4.98 Å². The molecule has 0 amide bonds. The molecule has 2 N–H and O–H groups in total. The second-order valence-electron chi connectivity index (χ2n) is 5.75. The molecule has 0 saturated carbocycles. The highest BCUT2D eigenvalue weighted by Crippen LogP contribution is 2.22. The third-order valence-corrected chi connectivity index (χ3v) is 4.25. The summed E-state index contributed by atoms with van der Waals surface area (Å²) in [6.45, 7) is 6.75. The van der Waals surface area contributed by atoms with Gasteiger partial charge in [0, 0.05) is 44.7 Å². The first-order valence-electron chi connectivity index (χ1n) is 7.69. The van der Waals surface area contributed by atoms with Crippen molar-refractivity contribution in [2.24, 2.45) is 0 Å². The van der Waals surface area contributed by atoms with E-state index in [0.717, 1.165) is 49.6 Å². The SMILES string of the molecule is COC[C@H](C)N1CCN(c2nc(N)c3ccccc3n2)CC1. The summed E-state index contributed by atoms with van der Waals surface area (Å²) in [6, 6.07) is 8.31. The summed E-state index contributed by atoms with van der Waals surface area (Å²) in [6.07, 6.45) is 0. The van der Waals surface area contributed by atoms with Gasteiger partial charge in [0.05, 0.1) is 12.1 Å². The van der Waals surface area contributed by atoms with Gasteiger partial charge in [0.25, 0.3) is 0 Å². The normalized spacial score (nSPS) is 17.8. The standard InChI is InChI=1S/C16H23N5O/c1-12(11-22-2)20-7-9-21(10-8-20)16-18-14-6-4-3-5-13(14)15(17)19-16/h3-6,12H,7-11H2,1-2H3,(H2,17,18,19)/t12-/m0/s1. The largest absolute Gasteiger partial charge is 0.383 e. The number of fused-ring (bicyclic) bond motifs is 1. The number of rotatable bonds is 4. The van der Waals surface area contributed by atoms with Crippen molar-refractivity contribution in [3.05, 3.63) is 24.3 Å². The molecule has 0 spiro atoms. The molecular weight excluding hydrogens is 278 g/mol. The fourth-order valence-electron chi connectivity index (χ4n) is 2.94. The lowest BCUT2D eigenvalue weighted by Gasteiger charge is -2.37. The molecule has 1 aliphatic heterocycles. The van der Waals surface area contributed by atoms with Crippen LogP contribution in [0.5, 0.6) is 0 Å². The second kappa shape index (κ2) is 6.46. The van der Waals surface area contributed by atoms with E-state index in [0.29, 0.717) is 11.9 Å². The summed E-state index contributed by atoms with van der Waals surface area (Å²) < 4.78 is 5.24. The van der Waals surface area contributed by atoms with Gasteiger partial charge >= 0.3 is 0 Å². The lowest BCUT2D eigenvalue weighted by atomic mass is 10.2. The van der Waals surface area contributed by atoms with Crippen molar-refractivity contribution in [1.82, 2.24) is 14.9 Å². The van der Waals surface area contributed by atoms with E-state index in [2.05, 4.69) is 26.7 Å². The first-order chi connectivity index (χ1) is 10.7. The minimum atomic E-state index is 0.440. The van der Waals surface area contributed by atoms with Crippen molar-refractivity contribution in [2.45, 2.75) is 13.0 Å². The van der Waals surface area contributed by atoms with Crippen LogP contribution in [0, 0.1) is 0 Å². The van der Waals surface area contributed by atoms with E-state index in [9.17, 15) is 0 Å². The summed E-state index contributed by atoms with van der Waals surface area (Å²) in [5.74, 6) is 1.28. The minimum absolute atomic E-state index is 0.440. The second-order valence-corrected chi connectivity index (χ2v) is 5.75. The fraction of sp³-hybridized carbons (Fsp3) is 0.500. The molecule has 1 aromatic heterocycles. The molecule has 0 bridgehead atoms. The number of benzene rings is 1. The van der Waals surface area contributed by atoms with Crippen LogP contribution in [0.2, 0.25) is 0 Å². The predicted octanol–water partition coefficient (Wildman–Crippen LogP) is 1.37. The molecule has 1 aromatic carbocycles. The Kier molecular flexibility index (Phi) is 4.40. The van der Waals surface area contributed by atoms with Gasteiger partial charge in [-0.1, -0.05) is 12.1 Å². The van der Waals surface area contributed by atoms with Gasteiger partial charge in [0.15, 0.2) is 0 Å². The molecule has 6 nitrogen and oxygen atoms in total. The van der Waals surface area contributed by atoms with E-state index < -0.39 is 0 Å². The Morgan fingerprint density at radius 2 is 1.91 bits per heavy atom. The van der Waals surface area contributed by atoms with Crippen molar-refractivity contribution in [2.75, 3.05) is 50.5 Å². The van der Waals surface area contributed by atoms with Crippen LogP contribution in [0.25, 0.3) is 10.9 Å². The highest BCUT2D eigenvalue weighted by atomic mass is 16.5. The number of para-hydroxylation sites is 1. The Balaban J connectivity index is 1.74. The number of nitrogen functional groups attached to an aromatic ring is 1. The van der Waals surface area contributed by atoms with Crippen molar-refractivity contribution >= 4 is 22.7 Å². The topological polar surface area (TPSA) is 67.5 Å². The molecule has 1 aliphatic rings. The molecular formula is C16H23N5O. The zero-order valence-corrected chi connectivity index (χ0v) is 13.2. The molecule has 1 atom stereocenters. The van der Waals surface area contributed by atoms with Gasteiger partial charge in [0.1, 0.15) is 5.82 Å². The van der Waals surface area contributed by atoms with Crippen molar-refractivity contribution < 1.29 is 4.74 Å². The number of nitrogens with two attached hydrogens (primary N) is 1. The number of methoxy groups -OCH3 is 1. The van der Waals surface area contributed by atoms with Crippen molar-refractivity contribution in [3.8, 4) is 0 Å². The molecule has 2 aromatic rings. The summed E-state index contributed by atoms with van der Waals surface area (Å²) in [4.78, 5) is 13.8. The van der Waals surface area contributed by atoms with Crippen molar-refractivity contribution in [3.63, 3.8) is 0 Å².